The van der Waals surface area contributed by atoms with Crippen molar-refractivity contribution in [1.29, 1.82) is 0 Å². The highest BCUT2D eigenvalue weighted by atomic mass is 16.6. The monoisotopic (exact) mass is 469 g/mol. The summed E-state index contributed by atoms with van der Waals surface area (Å²) in [4.78, 5) is 35.3. The van der Waals surface area contributed by atoms with Gasteiger partial charge >= 0.3 is 5.69 Å². The van der Waals surface area contributed by atoms with Crippen molar-refractivity contribution in [3.05, 3.63) is 38.5 Å². The summed E-state index contributed by atoms with van der Waals surface area (Å²) in [6, 6.07) is 4.55. The van der Waals surface area contributed by atoms with Crippen LogP contribution in [0.15, 0.2) is 21.7 Å². The van der Waals surface area contributed by atoms with Crippen molar-refractivity contribution in [2.75, 3.05) is 5.32 Å². The molecule has 4 rings (SSSR count). The van der Waals surface area contributed by atoms with Crippen molar-refractivity contribution in [3.8, 4) is 11.5 Å². The summed E-state index contributed by atoms with van der Waals surface area (Å²) >= 11 is 0. The molecule has 1 aliphatic carbocycles. The van der Waals surface area contributed by atoms with E-state index in [9.17, 15) is 14.7 Å². The third-order valence-electron chi connectivity index (χ3n) is 5.96. The molecular weight excluding hydrogens is 434 g/mol. The number of aryl methyl sites for hydroxylation is 2. The number of unbranched alkanes of at least 4 members (excludes halogenated alkanes) is 3. The van der Waals surface area contributed by atoms with Crippen LogP contribution in [0.4, 0.5) is 5.69 Å². The van der Waals surface area contributed by atoms with E-state index in [-0.39, 0.29) is 11.3 Å². The number of H-pyrrole nitrogens is 1. The van der Waals surface area contributed by atoms with Crippen molar-refractivity contribution in [2.45, 2.75) is 97.1 Å². The van der Waals surface area contributed by atoms with Gasteiger partial charge in [-0.1, -0.05) is 12.8 Å². The average molecular weight is 470 g/mol. The van der Waals surface area contributed by atoms with Gasteiger partial charge in [0.05, 0.1) is 16.6 Å². The van der Waals surface area contributed by atoms with Crippen LogP contribution in [0, 0.1) is 6.92 Å². The number of anilines is 1. The zero-order valence-electron chi connectivity index (χ0n) is 20.5. The third kappa shape index (κ3) is 6.01. The second-order valence-electron chi connectivity index (χ2n) is 10.3. The van der Waals surface area contributed by atoms with Crippen LogP contribution in [0.1, 0.15) is 71.3 Å². The predicted octanol–water partition coefficient (Wildman–Crippen LogP) is 3.55. The van der Waals surface area contributed by atoms with Crippen molar-refractivity contribution >= 4 is 16.7 Å². The Balaban J connectivity index is 1.53. The van der Waals surface area contributed by atoms with Crippen molar-refractivity contribution in [3.63, 3.8) is 0 Å². The van der Waals surface area contributed by atoms with Gasteiger partial charge in [-0.3, -0.25) is 9.78 Å². The highest BCUT2D eigenvalue weighted by Crippen LogP contribution is 2.31. The van der Waals surface area contributed by atoms with Gasteiger partial charge in [-0.15, -0.1) is 0 Å². The molecule has 0 aromatic heterocycles. The second kappa shape index (κ2) is 9.84. The van der Waals surface area contributed by atoms with Crippen LogP contribution >= 0.6 is 0 Å². The summed E-state index contributed by atoms with van der Waals surface area (Å²) in [5.74, 6) is 0.316. The van der Waals surface area contributed by atoms with Crippen LogP contribution in [0.3, 0.4) is 0 Å². The van der Waals surface area contributed by atoms with Gasteiger partial charge in [-0.2, -0.15) is 4.98 Å². The van der Waals surface area contributed by atoms with Crippen molar-refractivity contribution in [1.82, 2.24) is 19.5 Å². The maximum absolute atomic E-state index is 12.5. The quantitative estimate of drug-likeness (QED) is 0.236. The molecule has 0 saturated heterocycles. The number of hydrogen-bond donors (Lipinski definition) is 3. The SMILES string of the molecule is Cc1cc2nc3c(=O)[nH]c(=O)nc-3n(CCCCCCC(O)OC(C)(C)C)c2cc1NC1CC1. The molecule has 3 N–H and O–H groups in total. The van der Waals surface area contributed by atoms with E-state index in [1.165, 1.54) is 12.8 Å². The number of aromatic nitrogens is 4. The van der Waals surface area contributed by atoms with Crippen LogP contribution in [-0.4, -0.2) is 42.6 Å². The van der Waals surface area contributed by atoms with E-state index in [0.29, 0.717) is 30.3 Å². The molecule has 3 aliphatic rings. The van der Waals surface area contributed by atoms with Crippen LogP contribution in [0.2, 0.25) is 0 Å². The molecule has 1 unspecified atom stereocenters. The summed E-state index contributed by atoms with van der Waals surface area (Å²) in [6.07, 6.45) is 5.76. The van der Waals surface area contributed by atoms with E-state index < -0.39 is 17.5 Å². The molecular formula is C25H35N5O4. The lowest BCUT2D eigenvalue weighted by Crippen LogP contribution is -2.29. The molecule has 34 heavy (non-hydrogen) atoms. The number of aliphatic hydroxyl groups excluding tert-OH is 1. The minimum absolute atomic E-state index is 0.178. The lowest BCUT2D eigenvalue weighted by molar-refractivity contribution is -0.168. The standard InChI is InChI=1S/C25H35N5O4/c1-15-13-18-19(14-17(15)26-16-10-11-16)30(22-21(27-18)23(32)29-24(33)28-22)12-8-6-5-7-9-20(31)34-25(2,3)4/h13-14,16,20,26,31H,5-12H2,1-4H3,(H,29,32,33). The molecule has 1 fully saturated rings. The molecule has 1 atom stereocenters. The number of benzene rings is 1. The Bertz CT molecular complexity index is 1240. The molecule has 9 nitrogen and oxygen atoms in total. The summed E-state index contributed by atoms with van der Waals surface area (Å²) in [7, 11) is 0. The van der Waals surface area contributed by atoms with Gasteiger partial charge in [0.2, 0.25) is 0 Å². The fourth-order valence-electron chi connectivity index (χ4n) is 4.18. The zero-order chi connectivity index (χ0) is 24.5. The molecule has 2 aliphatic heterocycles. The normalized spacial score (nSPS) is 15.2. The van der Waals surface area contributed by atoms with Crippen LogP contribution in [0.5, 0.6) is 0 Å². The van der Waals surface area contributed by atoms with E-state index in [0.717, 1.165) is 42.5 Å². The van der Waals surface area contributed by atoms with Gasteiger partial charge in [0.1, 0.15) is 0 Å². The molecule has 9 heteroatoms. The smallest absolute Gasteiger partial charge is 0.349 e. The van der Waals surface area contributed by atoms with E-state index >= 15 is 0 Å². The molecule has 0 radical (unpaired) electrons. The minimum atomic E-state index is -0.755. The first-order valence-corrected chi connectivity index (χ1v) is 12.2. The number of aliphatic hydroxyl groups is 1. The molecule has 0 amide bonds. The Labute approximate surface area is 198 Å². The van der Waals surface area contributed by atoms with E-state index in [1.54, 1.807) is 0 Å². The van der Waals surface area contributed by atoms with E-state index in [1.807, 2.05) is 38.3 Å². The lowest BCUT2D eigenvalue weighted by Gasteiger charge is -2.23. The minimum Gasteiger partial charge on any atom is -0.382 e. The Morgan fingerprint density at radius 2 is 1.91 bits per heavy atom. The number of fused-ring (bicyclic) bond motifs is 2. The molecule has 184 valence electrons. The van der Waals surface area contributed by atoms with Crippen molar-refractivity contribution < 1.29 is 9.84 Å². The van der Waals surface area contributed by atoms with Crippen LogP contribution in [-0.2, 0) is 11.3 Å². The highest BCUT2D eigenvalue weighted by Gasteiger charge is 2.23. The summed E-state index contributed by atoms with van der Waals surface area (Å²) in [6.45, 7) is 8.42. The van der Waals surface area contributed by atoms with Gasteiger partial charge in [-0.25, -0.2) is 9.78 Å². The largest absolute Gasteiger partial charge is 0.382 e. The Hall–Kier alpha value is -2.78. The van der Waals surface area contributed by atoms with Crippen LogP contribution in [0.25, 0.3) is 22.6 Å². The predicted molar refractivity (Wildman–Crippen MR) is 132 cm³/mol. The van der Waals surface area contributed by atoms with Gasteiger partial charge < -0.3 is 19.7 Å². The average Bonchev–Trinajstić information content (AvgIpc) is 3.54. The van der Waals surface area contributed by atoms with Crippen molar-refractivity contribution in [2.24, 2.45) is 0 Å². The summed E-state index contributed by atoms with van der Waals surface area (Å²) < 4.78 is 7.50. The second-order valence-corrected chi connectivity index (χ2v) is 10.3. The number of aromatic amines is 1. The zero-order valence-corrected chi connectivity index (χ0v) is 20.5. The first-order chi connectivity index (χ1) is 16.1. The summed E-state index contributed by atoms with van der Waals surface area (Å²) in [5.41, 5.74) is 2.31. The van der Waals surface area contributed by atoms with Gasteiger partial charge in [0.15, 0.2) is 17.8 Å². The molecule has 1 saturated carbocycles. The number of nitrogens with zero attached hydrogens (tertiary/aromatic N) is 3. The number of ether oxygens (including phenoxy) is 1. The Kier molecular flexibility index (Phi) is 7.04. The molecule has 0 spiro atoms. The third-order valence-corrected chi connectivity index (χ3v) is 5.96. The van der Waals surface area contributed by atoms with Gasteiger partial charge in [-0.05, 0) is 77.5 Å². The highest BCUT2D eigenvalue weighted by molar-refractivity contribution is 5.84. The Morgan fingerprint density at radius 1 is 1.18 bits per heavy atom. The van der Waals surface area contributed by atoms with E-state index in [4.69, 9.17) is 4.74 Å². The molecule has 1 aromatic carbocycles. The first-order valence-electron chi connectivity index (χ1n) is 12.2. The number of nitrogens with one attached hydrogen (secondary N) is 2. The maximum Gasteiger partial charge on any atom is 0.349 e. The molecule has 0 bridgehead atoms. The topological polar surface area (TPSA) is 122 Å². The Morgan fingerprint density at radius 3 is 2.62 bits per heavy atom. The van der Waals surface area contributed by atoms with E-state index in [2.05, 4.69) is 26.3 Å². The fraction of sp³-hybridized carbons (Fsp3) is 0.600. The maximum atomic E-state index is 12.5. The number of rotatable bonds is 10. The van der Waals surface area contributed by atoms with Gasteiger partial charge in [0, 0.05) is 18.3 Å². The van der Waals surface area contributed by atoms with Crippen LogP contribution < -0.4 is 16.6 Å². The lowest BCUT2D eigenvalue weighted by atomic mass is 10.1. The summed E-state index contributed by atoms with van der Waals surface area (Å²) in [5, 5.41) is 13.6. The number of hydrogen-bond acceptors (Lipinski definition) is 7. The van der Waals surface area contributed by atoms with Gasteiger partial charge in [0.25, 0.3) is 5.56 Å². The molecule has 2 heterocycles. The molecule has 1 aromatic rings. The fourth-order valence-corrected chi connectivity index (χ4v) is 4.18. The first kappa shape index (κ1) is 24.3.